The standard InChI is InChI=1S/C19H24F3N3O3/c1-10(15-8-12-3-4-13(15)7-12)24-18(26)11(2)23-16-6-5-14(19(20,21)22)9-17(16)25(27)28/h5-6,9-13,15,23H,3-4,7-8H2,1-2H3,(H,24,26). The van der Waals surface area contributed by atoms with Crippen LogP contribution in [0.4, 0.5) is 24.5 Å². The van der Waals surface area contributed by atoms with Crippen molar-refractivity contribution in [2.24, 2.45) is 17.8 Å². The normalized spacial score (nSPS) is 26.0. The van der Waals surface area contributed by atoms with Gasteiger partial charge >= 0.3 is 6.18 Å². The van der Waals surface area contributed by atoms with E-state index in [1.807, 2.05) is 6.92 Å². The fourth-order valence-electron chi connectivity index (χ4n) is 4.64. The molecule has 0 heterocycles. The maximum atomic E-state index is 12.8. The summed E-state index contributed by atoms with van der Waals surface area (Å²) >= 11 is 0. The van der Waals surface area contributed by atoms with Crippen LogP contribution in [0.3, 0.4) is 0 Å². The van der Waals surface area contributed by atoms with Crippen LogP contribution < -0.4 is 10.6 Å². The average Bonchev–Trinajstić information content (AvgIpc) is 3.24. The molecular weight excluding hydrogens is 375 g/mol. The minimum atomic E-state index is -4.68. The summed E-state index contributed by atoms with van der Waals surface area (Å²) in [4.78, 5) is 22.8. The third kappa shape index (κ3) is 4.23. The first-order chi connectivity index (χ1) is 13.1. The molecule has 0 radical (unpaired) electrons. The third-order valence-corrected chi connectivity index (χ3v) is 6.09. The molecule has 2 N–H and O–H groups in total. The molecule has 28 heavy (non-hydrogen) atoms. The quantitative estimate of drug-likeness (QED) is 0.550. The van der Waals surface area contributed by atoms with Gasteiger partial charge in [0.2, 0.25) is 5.91 Å². The molecule has 1 aromatic rings. The maximum Gasteiger partial charge on any atom is 0.416 e. The predicted molar refractivity (Wildman–Crippen MR) is 97.7 cm³/mol. The first-order valence-electron chi connectivity index (χ1n) is 9.48. The lowest BCUT2D eigenvalue weighted by Crippen LogP contribution is -2.46. The van der Waals surface area contributed by atoms with E-state index in [0.717, 1.165) is 24.5 Å². The number of nitro benzene ring substituents is 1. The molecule has 1 aromatic carbocycles. The molecule has 0 saturated heterocycles. The largest absolute Gasteiger partial charge is 0.416 e. The molecule has 6 nitrogen and oxygen atoms in total. The van der Waals surface area contributed by atoms with Crippen LogP contribution in [0, 0.1) is 27.9 Å². The maximum absolute atomic E-state index is 12.8. The van der Waals surface area contributed by atoms with Crippen molar-refractivity contribution < 1.29 is 22.9 Å². The van der Waals surface area contributed by atoms with Crippen LogP contribution in [0.25, 0.3) is 0 Å². The number of carbonyl (C=O) groups excluding carboxylic acids is 1. The molecule has 5 unspecified atom stereocenters. The fraction of sp³-hybridized carbons (Fsp3) is 0.632. The second-order valence-corrected chi connectivity index (χ2v) is 7.99. The molecule has 3 rings (SSSR count). The Morgan fingerprint density at radius 3 is 2.50 bits per heavy atom. The van der Waals surface area contributed by atoms with Crippen LogP contribution in [0.5, 0.6) is 0 Å². The number of alkyl halides is 3. The number of nitrogens with zero attached hydrogens (tertiary/aromatic N) is 1. The molecule has 2 aliphatic rings. The molecule has 154 valence electrons. The van der Waals surface area contributed by atoms with Crippen molar-refractivity contribution >= 4 is 17.3 Å². The Balaban J connectivity index is 1.65. The van der Waals surface area contributed by atoms with Crippen molar-refractivity contribution in [1.82, 2.24) is 5.32 Å². The minimum absolute atomic E-state index is 0.00496. The smallest absolute Gasteiger partial charge is 0.368 e. The van der Waals surface area contributed by atoms with Gasteiger partial charge in [0, 0.05) is 12.1 Å². The molecule has 2 bridgehead atoms. The Kier molecular flexibility index (Phi) is 5.54. The van der Waals surface area contributed by atoms with Gasteiger partial charge in [-0.05, 0) is 63.0 Å². The van der Waals surface area contributed by atoms with E-state index in [1.165, 1.54) is 26.2 Å². The number of nitro groups is 1. The van der Waals surface area contributed by atoms with Gasteiger partial charge in [-0.15, -0.1) is 0 Å². The summed E-state index contributed by atoms with van der Waals surface area (Å²) in [6, 6.07) is 1.40. The van der Waals surface area contributed by atoms with E-state index < -0.39 is 28.4 Å². The van der Waals surface area contributed by atoms with Gasteiger partial charge < -0.3 is 10.6 Å². The molecule has 2 saturated carbocycles. The molecule has 9 heteroatoms. The van der Waals surface area contributed by atoms with E-state index in [2.05, 4.69) is 10.6 Å². The molecule has 2 aliphatic carbocycles. The Labute approximate surface area is 161 Å². The number of rotatable bonds is 6. The van der Waals surface area contributed by atoms with Gasteiger partial charge in [-0.25, -0.2) is 0 Å². The van der Waals surface area contributed by atoms with Crippen molar-refractivity contribution in [3.05, 3.63) is 33.9 Å². The number of benzene rings is 1. The van der Waals surface area contributed by atoms with Crippen LogP contribution in [-0.4, -0.2) is 22.9 Å². The zero-order chi connectivity index (χ0) is 20.6. The molecule has 0 aliphatic heterocycles. The van der Waals surface area contributed by atoms with Crippen LogP contribution >= 0.6 is 0 Å². The summed E-state index contributed by atoms with van der Waals surface area (Å²) in [6.45, 7) is 3.50. The van der Waals surface area contributed by atoms with Gasteiger partial charge in [-0.2, -0.15) is 13.2 Å². The van der Waals surface area contributed by atoms with E-state index in [-0.39, 0.29) is 17.6 Å². The zero-order valence-electron chi connectivity index (χ0n) is 15.8. The van der Waals surface area contributed by atoms with Gasteiger partial charge in [-0.3, -0.25) is 14.9 Å². The van der Waals surface area contributed by atoms with Gasteiger partial charge in [0.1, 0.15) is 11.7 Å². The van der Waals surface area contributed by atoms with Crippen molar-refractivity contribution in [3.63, 3.8) is 0 Å². The number of hydrogen-bond donors (Lipinski definition) is 2. The first kappa shape index (κ1) is 20.4. The van der Waals surface area contributed by atoms with Gasteiger partial charge in [0.05, 0.1) is 10.5 Å². The number of carbonyl (C=O) groups is 1. The van der Waals surface area contributed by atoms with E-state index in [1.54, 1.807) is 0 Å². The molecule has 0 aromatic heterocycles. The molecular formula is C19H24F3N3O3. The molecule has 1 amide bonds. The molecule has 2 fully saturated rings. The fourth-order valence-corrected chi connectivity index (χ4v) is 4.64. The number of nitrogens with one attached hydrogen (secondary N) is 2. The lowest BCUT2D eigenvalue weighted by molar-refractivity contribution is -0.384. The van der Waals surface area contributed by atoms with E-state index in [9.17, 15) is 28.1 Å². The molecule has 5 atom stereocenters. The first-order valence-corrected chi connectivity index (χ1v) is 9.48. The van der Waals surface area contributed by atoms with Crippen molar-refractivity contribution in [1.29, 1.82) is 0 Å². The summed E-state index contributed by atoms with van der Waals surface area (Å²) in [6.07, 6.45) is 0.107. The lowest BCUT2D eigenvalue weighted by Gasteiger charge is -2.29. The topological polar surface area (TPSA) is 84.3 Å². The predicted octanol–water partition coefficient (Wildman–Crippen LogP) is 4.35. The third-order valence-electron chi connectivity index (χ3n) is 6.09. The highest BCUT2D eigenvalue weighted by Gasteiger charge is 2.42. The Bertz CT molecular complexity index is 769. The lowest BCUT2D eigenvalue weighted by atomic mass is 9.84. The summed E-state index contributed by atoms with van der Waals surface area (Å²) in [5.74, 6) is 1.50. The average molecular weight is 399 g/mol. The van der Waals surface area contributed by atoms with Crippen LogP contribution in [-0.2, 0) is 11.0 Å². The minimum Gasteiger partial charge on any atom is -0.368 e. The van der Waals surface area contributed by atoms with Crippen LogP contribution in [0.1, 0.15) is 45.1 Å². The zero-order valence-corrected chi connectivity index (χ0v) is 15.8. The second kappa shape index (κ2) is 7.60. The van der Waals surface area contributed by atoms with Gasteiger partial charge in [0.25, 0.3) is 5.69 Å². The van der Waals surface area contributed by atoms with Crippen molar-refractivity contribution in [2.45, 2.75) is 57.8 Å². The number of fused-ring (bicyclic) bond motifs is 2. The summed E-state index contributed by atoms with van der Waals surface area (Å²) in [5.41, 5.74) is -1.93. The van der Waals surface area contributed by atoms with E-state index in [4.69, 9.17) is 0 Å². The Hall–Kier alpha value is -2.32. The van der Waals surface area contributed by atoms with Gasteiger partial charge in [-0.1, -0.05) is 6.42 Å². The Morgan fingerprint density at radius 2 is 1.96 bits per heavy atom. The highest BCUT2D eigenvalue weighted by molar-refractivity contribution is 5.85. The summed E-state index contributed by atoms with van der Waals surface area (Å²) < 4.78 is 38.4. The number of hydrogen-bond acceptors (Lipinski definition) is 4. The summed E-state index contributed by atoms with van der Waals surface area (Å²) in [7, 11) is 0. The second-order valence-electron chi connectivity index (χ2n) is 7.99. The summed E-state index contributed by atoms with van der Waals surface area (Å²) in [5, 5.41) is 16.8. The number of amides is 1. The monoisotopic (exact) mass is 399 g/mol. The van der Waals surface area contributed by atoms with Gasteiger partial charge in [0.15, 0.2) is 0 Å². The highest BCUT2D eigenvalue weighted by atomic mass is 19.4. The van der Waals surface area contributed by atoms with E-state index >= 15 is 0 Å². The van der Waals surface area contributed by atoms with Crippen LogP contribution in [0.2, 0.25) is 0 Å². The van der Waals surface area contributed by atoms with Crippen molar-refractivity contribution in [3.8, 4) is 0 Å². The van der Waals surface area contributed by atoms with Crippen LogP contribution in [0.15, 0.2) is 18.2 Å². The SMILES string of the molecule is CC(Nc1ccc(C(F)(F)F)cc1[N+](=O)[O-])C(=O)NC(C)C1CC2CCC1C2. The number of anilines is 1. The highest BCUT2D eigenvalue weighted by Crippen LogP contribution is 2.49. The number of halogens is 3. The Morgan fingerprint density at radius 1 is 1.25 bits per heavy atom. The van der Waals surface area contributed by atoms with Crippen molar-refractivity contribution in [2.75, 3.05) is 5.32 Å². The van der Waals surface area contributed by atoms with E-state index in [0.29, 0.717) is 17.9 Å². The molecule has 0 spiro atoms.